The van der Waals surface area contributed by atoms with E-state index in [-0.39, 0.29) is 11.2 Å². The Labute approximate surface area is 166 Å². The van der Waals surface area contributed by atoms with Gasteiger partial charge in [-0.25, -0.2) is 0 Å². The van der Waals surface area contributed by atoms with Crippen LogP contribution in [0.15, 0.2) is 60.1 Å². The number of nitro groups is 1. The van der Waals surface area contributed by atoms with Crippen LogP contribution < -0.4 is 9.74 Å². The molecule has 0 amide bonds. The average molecular weight is 399 g/mol. The molecule has 1 aliphatic carbocycles. The van der Waals surface area contributed by atoms with Gasteiger partial charge in [0.05, 0.1) is 11.0 Å². The molecule has 148 valence electrons. The number of hydrogen-bond acceptors (Lipinski definition) is 5. The fourth-order valence-electron chi connectivity index (χ4n) is 3.98. The van der Waals surface area contributed by atoms with Crippen molar-refractivity contribution in [1.29, 1.82) is 0 Å². The van der Waals surface area contributed by atoms with Gasteiger partial charge in [0.2, 0.25) is 0 Å². The SMILES string of the molecule is O=C[Si](Oc1cccc([N+](=O)[O-])c1)(C1=CC=CC=CN1)C1CCCCCCC1. The van der Waals surface area contributed by atoms with E-state index >= 15 is 0 Å². The monoisotopic (exact) mass is 398 g/mol. The van der Waals surface area contributed by atoms with E-state index in [1.54, 1.807) is 18.3 Å². The molecule has 0 saturated heterocycles. The van der Waals surface area contributed by atoms with E-state index in [4.69, 9.17) is 4.43 Å². The van der Waals surface area contributed by atoms with Crippen LogP contribution in [0.2, 0.25) is 5.54 Å². The highest BCUT2D eigenvalue weighted by Crippen LogP contribution is 2.39. The van der Waals surface area contributed by atoms with Crippen LogP contribution in [0.25, 0.3) is 0 Å². The highest BCUT2D eigenvalue weighted by atomic mass is 28.4. The zero-order chi connectivity index (χ0) is 19.8. The van der Waals surface area contributed by atoms with E-state index in [1.165, 1.54) is 31.4 Å². The predicted molar refractivity (Wildman–Crippen MR) is 112 cm³/mol. The van der Waals surface area contributed by atoms with Crippen molar-refractivity contribution < 1.29 is 14.1 Å². The summed E-state index contributed by atoms with van der Waals surface area (Å²) in [5.41, 5.74) is 0.0924. The second-order valence-electron chi connectivity index (χ2n) is 7.28. The van der Waals surface area contributed by atoms with Crippen LogP contribution in [-0.4, -0.2) is 19.2 Å². The summed E-state index contributed by atoms with van der Waals surface area (Å²) >= 11 is 0. The zero-order valence-electron chi connectivity index (χ0n) is 15.9. The molecule has 1 N–H and O–H groups in total. The second kappa shape index (κ2) is 9.50. The molecule has 1 saturated carbocycles. The fourth-order valence-corrected chi connectivity index (χ4v) is 7.52. The molecule has 0 radical (unpaired) electrons. The Balaban J connectivity index is 2.01. The van der Waals surface area contributed by atoms with Crippen molar-refractivity contribution in [3.05, 3.63) is 70.2 Å². The minimum absolute atomic E-state index is 0.0356. The Kier molecular flexibility index (Phi) is 6.81. The second-order valence-corrected chi connectivity index (χ2v) is 10.7. The van der Waals surface area contributed by atoms with Crippen LogP contribution in [0.4, 0.5) is 5.69 Å². The first-order valence-corrected chi connectivity index (χ1v) is 11.9. The maximum Gasteiger partial charge on any atom is 0.366 e. The van der Waals surface area contributed by atoms with Gasteiger partial charge >= 0.3 is 8.32 Å². The summed E-state index contributed by atoms with van der Waals surface area (Å²) in [5, 5.41) is 15.2. The number of carbonyl (C=O) groups excluding carboxylic acids is 1. The number of nitro benzene ring substituents is 1. The number of benzene rings is 1. The first kappa shape index (κ1) is 20.1. The van der Waals surface area contributed by atoms with Gasteiger partial charge in [0.1, 0.15) is 5.75 Å². The van der Waals surface area contributed by atoms with E-state index in [0.717, 1.165) is 36.9 Å². The normalized spacial score (nSPS) is 19.9. The van der Waals surface area contributed by atoms with Crippen molar-refractivity contribution in [3.8, 4) is 5.75 Å². The summed E-state index contributed by atoms with van der Waals surface area (Å²) < 4.78 is 6.44. The zero-order valence-corrected chi connectivity index (χ0v) is 16.9. The van der Waals surface area contributed by atoms with Crippen LogP contribution >= 0.6 is 0 Å². The lowest BCUT2D eigenvalue weighted by atomic mass is 10.0. The van der Waals surface area contributed by atoms with E-state index in [2.05, 4.69) is 5.32 Å². The quantitative estimate of drug-likeness (QED) is 0.319. The molecule has 28 heavy (non-hydrogen) atoms. The molecule has 1 unspecified atom stereocenters. The Morgan fingerprint density at radius 1 is 1.11 bits per heavy atom. The summed E-state index contributed by atoms with van der Waals surface area (Å²) in [5.74, 6) is 1.39. The smallest absolute Gasteiger partial charge is 0.366 e. The number of allylic oxidation sites excluding steroid dienone is 4. The third-order valence-electron chi connectivity index (χ3n) is 5.44. The molecule has 0 spiro atoms. The molecule has 1 fully saturated rings. The van der Waals surface area contributed by atoms with Gasteiger partial charge in [-0.15, -0.1) is 0 Å². The van der Waals surface area contributed by atoms with Crippen molar-refractivity contribution in [3.63, 3.8) is 0 Å². The summed E-state index contributed by atoms with van der Waals surface area (Å²) in [4.78, 5) is 23.4. The molecule has 1 aliphatic heterocycles. The lowest BCUT2D eigenvalue weighted by Gasteiger charge is -2.36. The van der Waals surface area contributed by atoms with Crippen LogP contribution in [0, 0.1) is 10.1 Å². The van der Waals surface area contributed by atoms with Crippen LogP contribution in [0.5, 0.6) is 5.75 Å². The Bertz CT molecular complexity index is 797. The van der Waals surface area contributed by atoms with Crippen LogP contribution in [0.3, 0.4) is 0 Å². The van der Waals surface area contributed by atoms with Gasteiger partial charge in [0.15, 0.2) is 5.91 Å². The number of nitrogens with zero attached hydrogens (tertiary/aromatic N) is 1. The van der Waals surface area contributed by atoms with Crippen molar-refractivity contribution >= 4 is 19.9 Å². The van der Waals surface area contributed by atoms with Gasteiger partial charge < -0.3 is 14.5 Å². The molecule has 0 bridgehead atoms. The van der Waals surface area contributed by atoms with E-state index in [0.29, 0.717) is 5.75 Å². The first-order valence-electron chi connectivity index (χ1n) is 9.86. The van der Waals surface area contributed by atoms with Crippen molar-refractivity contribution in [1.82, 2.24) is 5.32 Å². The van der Waals surface area contributed by atoms with E-state index in [9.17, 15) is 14.9 Å². The van der Waals surface area contributed by atoms with Gasteiger partial charge in [0.25, 0.3) is 5.69 Å². The molecule has 3 rings (SSSR count). The third kappa shape index (κ3) is 4.59. The van der Waals surface area contributed by atoms with Crippen molar-refractivity contribution in [2.45, 2.75) is 50.5 Å². The predicted octanol–water partition coefficient (Wildman–Crippen LogP) is 4.90. The lowest BCUT2D eigenvalue weighted by molar-refractivity contribution is -0.384. The van der Waals surface area contributed by atoms with Crippen LogP contribution in [-0.2, 0) is 4.79 Å². The molecular formula is C21H26N2O4Si. The summed E-state index contributed by atoms with van der Waals surface area (Å²) in [6.45, 7) is 0. The summed E-state index contributed by atoms with van der Waals surface area (Å²) in [6.07, 6.45) is 17.0. The number of carbonyl (C=O) groups is 1. The van der Waals surface area contributed by atoms with Gasteiger partial charge in [0, 0.05) is 17.6 Å². The topological polar surface area (TPSA) is 81.5 Å². The first-order chi connectivity index (χ1) is 13.7. The van der Waals surface area contributed by atoms with Crippen molar-refractivity contribution in [2.24, 2.45) is 0 Å². The number of rotatable bonds is 6. The average Bonchev–Trinajstić information content (AvgIpc) is 2.96. The van der Waals surface area contributed by atoms with Gasteiger partial charge in [-0.3, -0.25) is 10.1 Å². The van der Waals surface area contributed by atoms with Crippen molar-refractivity contribution in [2.75, 3.05) is 0 Å². The molecule has 6 nitrogen and oxygen atoms in total. The molecule has 2 aliphatic rings. The molecule has 1 aromatic carbocycles. The van der Waals surface area contributed by atoms with E-state index < -0.39 is 13.2 Å². The number of non-ortho nitro benzene ring substituents is 1. The largest absolute Gasteiger partial charge is 0.530 e. The maximum absolute atomic E-state index is 12.6. The van der Waals surface area contributed by atoms with Crippen LogP contribution in [0.1, 0.15) is 44.9 Å². The highest BCUT2D eigenvalue weighted by molar-refractivity contribution is 7.03. The van der Waals surface area contributed by atoms with E-state index in [1.807, 2.05) is 24.3 Å². The lowest BCUT2D eigenvalue weighted by Crippen LogP contribution is -2.54. The standard InChI is InChI=1S/C21H26N2O4Si/c24-17-28(21-14-7-4-8-15-22-21,20-12-5-2-1-3-6-13-20)27-19-11-9-10-18(16-19)23(25)26/h4,7-11,14-17,20,22H,1-3,5-6,12-13H2. The third-order valence-corrected chi connectivity index (χ3v) is 9.31. The van der Waals surface area contributed by atoms with Gasteiger partial charge in [-0.05, 0) is 36.6 Å². The highest BCUT2D eigenvalue weighted by Gasteiger charge is 2.49. The number of hydrogen-bond donors (Lipinski definition) is 1. The molecular weight excluding hydrogens is 372 g/mol. The molecule has 1 atom stereocenters. The maximum atomic E-state index is 12.6. The molecule has 7 heteroatoms. The minimum atomic E-state index is -3.11. The minimum Gasteiger partial charge on any atom is -0.530 e. The molecule has 1 heterocycles. The summed E-state index contributed by atoms with van der Waals surface area (Å²) in [7, 11) is -3.11. The fraction of sp³-hybridized carbons (Fsp3) is 0.381. The molecule has 0 aromatic heterocycles. The van der Waals surface area contributed by atoms with Gasteiger partial charge in [-0.1, -0.05) is 50.3 Å². The molecule has 1 aromatic rings. The Hall–Kier alpha value is -2.67. The number of nitrogens with one attached hydrogen (secondary N) is 1. The Morgan fingerprint density at radius 3 is 2.57 bits per heavy atom. The summed E-state index contributed by atoms with van der Waals surface area (Å²) in [6, 6.07) is 6.15. The van der Waals surface area contributed by atoms with Gasteiger partial charge in [-0.2, -0.15) is 0 Å². The Morgan fingerprint density at radius 2 is 1.86 bits per heavy atom.